The molecule has 0 fully saturated rings. The Hall–Kier alpha value is -2.63. The Morgan fingerprint density at radius 3 is 2.84 bits per heavy atom. The lowest BCUT2D eigenvalue weighted by Gasteiger charge is -2.10. The van der Waals surface area contributed by atoms with Crippen LogP contribution in [0.2, 0.25) is 5.15 Å². The Balaban J connectivity index is 2.07. The molecular weight excluding hydrogens is 369 g/mol. The van der Waals surface area contributed by atoms with Gasteiger partial charge in [0.05, 0.1) is 23.3 Å². The minimum atomic E-state index is -3.82. The van der Waals surface area contributed by atoms with Crippen molar-refractivity contribution in [2.75, 3.05) is 7.11 Å². The molecule has 0 bridgehead atoms. The number of aromatic nitrogens is 2. The van der Waals surface area contributed by atoms with Crippen molar-refractivity contribution in [1.29, 1.82) is 5.26 Å². The molecule has 128 valence electrons. The van der Waals surface area contributed by atoms with E-state index in [0.717, 1.165) is 6.07 Å². The molecule has 3 rings (SSSR count). The van der Waals surface area contributed by atoms with Gasteiger partial charge in [-0.1, -0.05) is 11.6 Å². The monoisotopic (exact) mass is 379 g/mol. The summed E-state index contributed by atoms with van der Waals surface area (Å²) in [5.41, 5.74) is 0.239. The molecule has 9 heteroatoms. The Kier molecular flexibility index (Phi) is 4.37. The molecule has 2 aromatic heterocycles. The van der Waals surface area contributed by atoms with E-state index in [1.54, 1.807) is 12.1 Å². The number of ether oxygens (including phenoxy) is 1. The normalized spacial score (nSPS) is 11.4. The number of halogens is 2. The second-order valence-corrected chi connectivity index (χ2v) is 7.54. The molecule has 0 unspecified atom stereocenters. The van der Waals surface area contributed by atoms with Gasteiger partial charge in [0.25, 0.3) is 0 Å². The third-order valence-corrected chi connectivity index (χ3v) is 5.55. The summed E-state index contributed by atoms with van der Waals surface area (Å²) in [7, 11) is -2.50. The van der Waals surface area contributed by atoms with Crippen LogP contribution >= 0.6 is 11.6 Å². The van der Waals surface area contributed by atoms with E-state index in [1.165, 1.54) is 25.4 Å². The zero-order valence-electron chi connectivity index (χ0n) is 12.9. The topological polar surface area (TPSA) is 95.8 Å². The number of nitriles is 1. The van der Waals surface area contributed by atoms with E-state index in [9.17, 15) is 12.8 Å². The summed E-state index contributed by atoms with van der Waals surface area (Å²) < 4.78 is 44.5. The molecule has 1 N–H and O–H groups in total. The first-order valence-electron chi connectivity index (χ1n) is 6.98. The molecule has 25 heavy (non-hydrogen) atoms. The molecule has 3 aromatic rings. The van der Waals surface area contributed by atoms with Crippen LogP contribution in [0.1, 0.15) is 11.1 Å². The number of H-pyrrole nitrogens is 1. The standard InChI is InChI=1S/C16H11ClFN3O3S/c1-24-13-5-9(6-19)12(18)4-10(13)8-25(22,23)14-7-20-16-11(14)2-3-15(17)21-16/h2-5,7H,8H2,1H3,(H,20,21). The van der Waals surface area contributed by atoms with Crippen LogP contribution in [-0.2, 0) is 15.6 Å². The highest BCUT2D eigenvalue weighted by molar-refractivity contribution is 7.90. The molecule has 0 aliphatic rings. The second kappa shape index (κ2) is 6.35. The van der Waals surface area contributed by atoms with E-state index < -0.39 is 21.4 Å². The Morgan fingerprint density at radius 1 is 1.40 bits per heavy atom. The molecule has 0 saturated carbocycles. The Morgan fingerprint density at radius 2 is 2.16 bits per heavy atom. The molecule has 1 aromatic carbocycles. The molecule has 0 aliphatic carbocycles. The quantitative estimate of drug-likeness (QED) is 0.702. The average Bonchev–Trinajstić information content (AvgIpc) is 2.98. The number of pyridine rings is 1. The molecule has 2 heterocycles. The average molecular weight is 380 g/mol. The summed E-state index contributed by atoms with van der Waals surface area (Å²) in [4.78, 5) is 6.79. The van der Waals surface area contributed by atoms with Gasteiger partial charge in [-0.2, -0.15) is 5.26 Å². The van der Waals surface area contributed by atoms with Crippen molar-refractivity contribution in [2.24, 2.45) is 0 Å². The number of hydrogen-bond acceptors (Lipinski definition) is 5. The number of nitrogens with one attached hydrogen (secondary N) is 1. The van der Waals surface area contributed by atoms with Gasteiger partial charge in [-0.25, -0.2) is 17.8 Å². The highest BCUT2D eigenvalue weighted by Gasteiger charge is 2.23. The van der Waals surface area contributed by atoms with Crippen molar-refractivity contribution in [1.82, 2.24) is 9.97 Å². The molecule has 0 spiro atoms. The summed E-state index contributed by atoms with van der Waals surface area (Å²) in [6.07, 6.45) is 1.32. The van der Waals surface area contributed by atoms with Crippen LogP contribution in [0.3, 0.4) is 0 Å². The maximum absolute atomic E-state index is 13.9. The first-order valence-corrected chi connectivity index (χ1v) is 9.01. The van der Waals surface area contributed by atoms with Gasteiger partial charge in [0.1, 0.15) is 28.4 Å². The van der Waals surface area contributed by atoms with Gasteiger partial charge in [-0.3, -0.25) is 0 Å². The highest BCUT2D eigenvalue weighted by Crippen LogP contribution is 2.30. The van der Waals surface area contributed by atoms with Crippen LogP contribution in [0.15, 0.2) is 35.4 Å². The van der Waals surface area contributed by atoms with Crippen LogP contribution in [0.4, 0.5) is 4.39 Å². The molecular formula is C16H11ClFN3O3S. The third kappa shape index (κ3) is 3.16. The third-order valence-electron chi connectivity index (χ3n) is 3.64. The summed E-state index contributed by atoms with van der Waals surface area (Å²) >= 11 is 5.79. The fourth-order valence-corrected chi connectivity index (χ4v) is 4.16. The maximum atomic E-state index is 13.9. The molecule has 0 radical (unpaired) electrons. The van der Waals surface area contributed by atoms with Crippen LogP contribution in [0, 0.1) is 17.1 Å². The second-order valence-electron chi connectivity index (χ2n) is 5.20. The predicted molar refractivity (Wildman–Crippen MR) is 89.7 cm³/mol. The summed E-state index contributed by atoms with van der Waals surface area (Å²) in [5.74, 6) is -1.17. The molecule has 6 nitrogen and oxygen atoms in total. The first-order chi connectivity index (χ1) is 11.9. The lowest BCUT2D eigenvalue weighted by Crippen LogP contribution is -2.07. The van der Waals surface area contributed by atoms with Crippen molar-refractivity contribution in [3.8, 4) is 11.8 Å². The Bertz CT molecular complexity index is 1120. The van der Waals surface area contributed by atoms with E-state index in [2.05, 4.69) is 9.97 Å². The first kappa shape index (κ1) is 17.2. The Labute approximate surface area is 147 Å². The van der Waals surface area contributed by atoms with Gasteiger partial charge >= 0.3 is 0 Å². The van der Waals surface area contributed by atoms with E-state index in [-0.39, 0.29) is 26.9 Å². The van der Waals surface area contributed by atoms with Crippen LogP contribution in [0.5, 0.6) is 5.75 Å². The van der Waals surface area contributed by atoms with Crippen LogP contribution in [-0.4, -0.2) is 25.5 Å². The fraction of sp³-hybridized carbons (Fsp3) is 0.125. The van der Waals surface area contributed by atoms with E-state index in [0.29, 0.717) is 11.0 Å². The summed E-state index contributed by atoms with van der Waals surface area (Å²) in [6.45, 7) is 0. The lowest BCUT2D eigenvalue weighted by atomic mass is 10.1. The zero-order valence-corrected chi connectivity index (χ0v) is 14.4. The minimum Gasteiger partial charge on any atom is -0.496 e. The number of methoxy groups -OCH3 is 1. The molecule has 0 atom stereocenters. The number of benzene rings is 1. The number of rotatable bonds is 4. The van der Waals surface area contributed by atoms with E-state index >= 15 is 0 Å². The van der Waals surface area contributed by atoms with Gasteiger partial charge < -0.3 is 9.72 Å². The zero-order chi connectivity index (χ0) is 18.2. The van der Waals surface area contributed by atoms with Crippen molar-refractivity contribution in [2.45, 2.75) is 10.6 Å². The lowest BCUT2D eigenvalue weighted by molar-refractivity contribution is 0.409. The van der Waals surface area contributed by atoms with E-state index in [1.807, 2.05) is 0 Å². The molecule has 0 amide bonds. The molecule has 0 saturated heterocycles. The SMILES string of the molecule is COc1cc(C#N)c(F)cc1CS(=O)(=O)c1c[nH]c2nc(Cl)ccc12. The van der Waals surface area contributed by atoms with Crippen molar-refractivity contribution in [3.05, 3.63) is 52.6 Å². The number of hydrogen-bond donors (Lipinski definition) is 1. The minimum absolute atomic E-state index is 0.0264. The predicted octanol–water partition coefficient (Wildman–Crippen LogP) is 3.21. The smallest absolute Gasteiger partial charge is 0.184 e. The van der Waals surface area contributed by atoms with Crippen LogP contribution < -0.4 is 4.74 Å². The van der Waals surface area contributed by atoms with Crippen molar-refractivity contribution in [3.63, 3.8) is 0 Å². The van der Waals surface area contributed by atoms with Crippen LogP contribution in [0.25, 0.3) is 11.0 Å². The number of nitrogens with zero attached hydrogens (tertiary/aromatic N) is 2. The highest BCUT2D eigenvalue weighted by atomic mass is 35.5. The number of fused-ring (bicyclic) bond motifs is 1. The van der Waals surface area contributed by atoms with Crippen molar-refractivity contribution < 1.29 is 17.5 Å². The largest absolute Gasteiger partial charge is 0.496 e. The van der Waals surface area contributed by atoms with Gasteiger partial charge in [-0.15, -0.1) is 0 Å². The molecule has 0 aliphatic heterocycles. The number of aromatic amines is 1. The van der Waals surface area contributed by atoms with Gasteiger partial charge in [-0.05, 0) is 18.2 Å². The van der Waals surface area contributed by atoms with Gasteiger partial charge in [0, 0.05) is 23.2 Å². The summed E-state index contributed by atoms with van der Waals surface area (Å²) in [5, 5.41) is 9.48. The maximum Gasteiger partial charge on any atom is 0.184 e. The van der Waals surface area contributed by atoms with E-state index in [4.69, 9.17) is 21.6 Å². The summed E-state index contributed by atoms with van der Waals surface area (Å²) in [6, 6.07) is 6.89. The van der Waals surface area contributed by atoms with Gasteiger partial charge in [0.15, 0.2) is 9.84 Å². The van der Waals surface area contributed by atoms with Crippen molar-refractivity contribution >= 4 is 32.5 Å². The van der Waals surface area contributed by atoms with Gasteiger partial charge in [0.2, 0.25) is 0 Å². The number of sulfone groups is 1. The fourth-order valence-electron chi connectivity index (χ4n) is 2.48.